The van der Waals surface area contributed by atoms with Gasteiger partial charge in [-0.2, -0.15) is 0 Å². The molecule has 1 fully saturated rings. The van der Waals surface area contributed by atoms with Gasteiger partial charge in [-0.25, -0.2) is 4.39 Å². The van der Waals surface area contributed by atoms with Gasteiger partial charge in [0.05, 0.1) is 6.54 Å². The van der Waals surface area contributed by atoms with Crippen molar-refractivity contribution < 1.29 is 9.18 Å². The van der Waals surface area contributed by atoms with Crippen LogP contribution < -0.4 is 20.9 Å². The molecule has 1 saturated heterocycles. The van der Waals surface area contributed by atoms with Crippen molar-refractivity contribution in [1.82, 2.24) is 20.9 Å². The maximum absolute atomic E-state index is 13.5. The SMILES string of the molecule is CN=C(NCCc1c[nH]c2ccc(F)cc12)NCc1ccc(N2CCNC(=O)C2)cc1. The molecule has 0 spiro atoms. The van der Waals surface area contributed by atoms with Crippen molar-refractivity contribution >= 4 is 28.5 Å². The number of hydrogen-bond donors (Lipinski definition) is 4. The number of aromatic nitrogens is 1. The molecule has 3 aromatic rings. The fourth-order valence-corrected chi connectivity index (χ4v) is 3.76. The number of rotatable bonds is 6. The first-order chi connectivity index (χ1) is 15.1. The van der Waals surface area contributed by atoms with Crippen molar-refractivity contribution in [2.75, 3.05) is 38.1 Å². The van der Waals surface area contributed by atoms with E-state index < -0.39 is 0 Å². The predicted octanol–water partition coefficient (Wildman–Crippen LogP) is 2.15. The Morgan fingerprint density at radius 1 is 1.19 bits per heavy atom. The molecule has 0 aliphatic carbocycles. The maximum atomic E-state index is 13.5. The monoisotopic (exact) mass is 422 g/mol. The molecule has 1 aromatic heterocycles. The van der Waals surface area contributed by atoms with Gasteiger partial charge in [-0.15, -0.1) is 0 Å². The molecular weight excluding hydrogens is 395 g/mol. The number of H-pyrrole nitrogens is 1. The highest BCUT2D eigenvalue weighted by Gasteiger charge is 2.16. The quantitative estimate of drug-likeness (QED) is 0.362. The van der Waals surface area contributed by atoms with Crippen LogP contribution in [0.1, 0.15) is 11.1 Å². The molecule has 1 aliphatic heterocycles. The van der Waals surface area contributed by atoms with Gasteiger partial charge in [0.15, 0.2) is 5.96 Å². The van der Waals surface area contributed by atoms with Crippen LogP contribution in [-0.2, 0) is 17.8 Å². The van der Waals surface area contributed by atoms with Gasteiger partial charge in [0, 0.05) is 56.0 Å². The number of hydrogen-bond acceptors (Lipinski definition) is 3. The molecule has 0 bridgehead atoms. The molecule has 0 radical (unpaired) electrons. The van der Waals surface area contributed by atoms with E-state index in [0.717, 1.165) is 40.7 Å². The Kier molecular flexibility index (Phi) is 6.35. The van der Waals surface area contributed by atoms with Crippen LogP contribution in [0.4, 0.5) is 10.1 Å². The fourth-order valence-electron chi connectivity index (χ4n) is 3.76. The van der Waals surface area contributed by atoms with Crippen molar-refractivity contribution in [3.63, 3.8) is 0 Å². The second-order valence-electron chi connectivity index (χ2n) is 7.54. The second-order valence-corrected chi connectivity index (χ2v) is 7.54. The standard InChI is InChI=1S/C23H27FN6O/c1-25-23(27-9-8-17-14-28-21-7-4-18(24)12-20(17)21)29-13-16-2-5-19(6-3-16)30-11-10-26-22(31)15-30/h2-7,12,14,28H,8-11,13,15H2,1H3,(H,26,31)(H2,25,27,29). The molecule has 2 heterocycles. The van der Waals surface area contributed by atoms with E-state index in [1.165, 1.54) is 6.07 Å². The number of guanidine groups is 1. The van der Waals surface area contributed by atoms with E-state index >= 15 is 0 Å². The van der Waals surface area contributed by atoms with Gasteiger partial charge in [0.25, 0.3) is 0 Å². The lowest BCUT2D eigenvalue weighted by molar-refractivity contribution is -0.120. The molecule has 7 nitrogen and oxygen atoms in total. The average Bonchev–Trinajstić information content (AvgIpc) is 3.18. The first-order valence-electron chi connectivity index (χ1n) is 10.4. The molecule has 8 heteroatoms. The van der Waals surface area contributed by atoms with Gasteiger partial charge in [-0.3, -0.25) is 9.79 Å². The summed E-state index contributed by atoms with van der Waals surface area (Å²) in [5, 5.41) is 10.4. The Hall–Kier alpha value is -3.55. The first-order valence-corrected chi connectivity index (χ1v) is 10.4. The number of aliphatic imine (C=N–C) groups is 1. The molecule has 4 rings (SSSR count). The summed E-state index contributed by atoms with van der Waals surface area (Å²) in [6, 6.07) is 13.0. The Bertz CT molecular complexity index is 1080. The van der Waals surface area contributed by atoms with Crippen molar-refractivity contribution in [1.29, 1.82) is 0 Å². The lowest BCUT2D eigenvalue weighted by atomic mass is 10.1. The predicted molar refractivity (Wildman–Crippen MR) is 122 cm³/mol. The summed E-state index contributed by atoms with van der Waals surface area (Å²) in [4.78, 5) is 21.1. The van der Waals surface area contributed by atoms with Crippen LogP contribution in [0.5, 0.6) is 0 Å². The second kappa shape index (κ2) is 9.51. The number of carbonyl (C=O) groups excluding carboxylic acids is 1. The molecule has 2 aromatic carbocycles. The first kappa shape index (κ1) is 20.7. The van der Waals surface area contributed by atoms with Crippen LogP contribution in [0, 0.1) is 5.82 Å². The van der Waals surface area contributed by atoms with Crippen LogP contribution in [0.2, 0.25) is 0 Å². The van der Waals surface area contributed by atoms with Crippen molar-refractivity contribution in [3.05, 3.63) is 65.6 Å². The van der Waals surface area contributed by atoms with Gasteiger partial charge < -0.3 is 25.8 Å². The van der Waals surface area contributed by atoms with E-state index in [9.17, 15) is 9.18 Å². The van der Waals surface area contributed by atoms with Crippen LogP contribution in [0.3, 0.4) is 0 Å². The van der Waals surface area contributed by atoms with E-state index in [1.54, 1.807) is 19.2 Å². The highest BCUT2D eigenvalue weighted by Crippen LogP contribution is 2.19. The van der Waals surface area contributed by atoms with E-state index in [2.05, 4.69) is 43.0 Å². The van der Waals surface area contributed by atoms with Gasteiger partial charge >= 0.3 is 0 Å². The Morgan fingerprint density at radius 2 is 2.03 bits per heavy atom. The lowest BCUT2D eigenvalue weighted by Gasteiger charge is -2.28. The summed E-state index contributed by atoms with van der Waals surface area (Å²) in [6.07, 6.45) is 2.68. The topological polar surface area (TPSA) is 84.6 Å². The average molecular weight is 423 g/mol. The number of fused-ring (bicyclic) bond motifs is 1. The Morgan fingerprint density at radius 3 is 2.81 bits per heavy atom. The fraction of sp³-hybridized carbons (Fsp3) is 0.304. The molecule has 0 saturated carbocycles. The van der Waals surface area contributed by atoms with Crippen molar-refractivity contribution in [2.45, 2.75) is 13.0 Å². The van der Waals surface area contributed by atoms with Crippen molar-refractivity contribution in [3.8, 4) is 0 Å². The summed E-state index contributed by atoms with van der Waals surface area (Å²) in [6.45, 7) is 3.22. The minimum atomic E-state index is -0.228. The zero-order valence-electron chi connectivity index (χ0n) is 17.5. The maximum Gasteiger partial charge on any atom is 0.239 e. The highest BCUT2D eigenvalue weighted by atomic mass is 19.1. The van der Waals surface area contributed by atoms with Gasteiger partial charge in [-0.05, 0) is 47.9 Å². The third kappa shape index (κ3) is 5.14. The summed E-state index contributed by atoms with van der Waals surface area (Å²) in [5.41, 5.74) is 4.18. The third-order valence-electron chi connectivity index (χ3n) is 5.44. The normalized spacial score (nSPS) is 14.6. The van der Waals surface area contributed by atoms with Crippen LogP contribution in [0.25, 0.3) is 10.9 Å². The van der Waals surface area contributed by atoms with Gasteiger partial charge in [0.1, 0.15) is 5.82 Å². The zero-order chi connectivity index (χ0) is 21.6. The summed E-state index contributed by atoms with van der Waals surface area (Å²) >= 11 is 0. The van der Waals surface area contributed by atoms with E-state index in [4.69, 9.17) is 0 Å². The van der Waals surface area contributed by atoms with E-state index in [1.807, 2.05) is 18.3 Å². The number of anilines is 1. The molecule has 1 amide bonds. The molecule has 0 atom stereocenters. The number of piperazine rings is 1. The Labute approximate surface area is 180 Å². The van der Waals surface area contributed by atoms with Crippen molar-refractivity contribution in [2.24, 2.45) is 4.99 Å². The smallest absolute Gasteiger partial charge is 0.239 e. The number of carbonyl (C=O) groups is 1. The lowest BCUT2D eigenvalue weighted by Crippen LogP contribution is -2.47. The summed E-state index contributed by atoms with van der Waals surface area (Å²) in [5.74, 6) is 0.542. The highest BCUT2D eigenvalue weighted by molar-refractivity contribution is 5.84. The number of halogens is 1. The number of nitrogens with zero attached hydrogens (tertiary/aromatic N) is 2. The van der Waals surface area contributed by atoms with Crippen LogP contribution >= 0.6 is 0 Å². The minimum Gasteiger partial charge on any atom is -0.361 e. The number of aromatic amines is 1. The van der Waals surface area contributed by atoms with Gasteiger partial charge in [-0.1, -0.05) is 12.1 Å². The number of amides is 1. The van der Waals surface area contributed by atoms with E-state index in [0.29, 0.717) is 32.1 Å². The van der Waals surface area contributed by atoms with Crippen LogP contribution in [-0.4, -0.2) is 50.1 Å². The molecule has 4 N–H and O–H groups in total. The van der Waals surface area contributed by atoms with Crippen LogP contribution in [0.15, 0.2) is 53.7 Å². The molecule has 31 heavy (non-hydrogen) atoms. The summed E-state index contributed by atoms with van der Waals surface area (Å²) < 4.78 is 13.5. The Balaban J connectivity index is 1.26. The molecule has 1 aliphatic rings. The molecular formula is C23H27FN6O. The zero-order valence-corrected chi connectivity index (χ0v) is 17.5. The largest absolute Gasteiger partial charge is 0.361 e. The number of nitrogens with one attached hydrogen (secondary N) is 4. The number of benzene rings is 2. The van der Waals surface area contributed by atoms with E-state index in [-0.39, 0.29) is 11.7 Å². The van der Waals surface area contributed by atoms with Gasteiger partial charge in [0.2, 0.25) is 5.91 Å². The third-order valence-corrected chi connectivity index (χ3v) is 5.44. The molecule has 162 valence electrons. The minimum absolute atomic E-state index is 0.0598. The molecule has 0 unspecified atom stereocenters. The summed E-state index contributed by atoms with van der Waals surface area (Å²) in [7, 11) is 1.74.